The number of ether oxygens (including phenoxy) is 1. The van der Waals surface area contributed by atoms with Crippen LogP contribution in [-0.2, 0) is 11.3 Å². The van der Waals surface area contributed by atoms with Gasteiger partial charge in [0.05, 0.1) is 5.56 Å². The molecule has 138 valence electrons. The smallest absolute Gasteiger partial charge is 0.261 e. The number of hydrogen-bond donors (Lipinski definition) is 1. The van der Waals surface area contributed by atoms with Gasteiger partial charge in [0.25, 0.3) is 11.8 Å². The highest BCUT2D eigenvalue weighted by Crippen LogP contribution is 2.23. The van der Waals surface area contributed by atoms with Crippen LogP contribution in [0.1, 0.15) is 36.7 Å². The average Bonchev–Trinajstić information content (AvgIpc) is 2.58. The van der Waals surface area contributed by atoms with Gasteiger partial charge in [-0.2, -0.15) is 0 Å². The van der Waals surface area contributed by atoms with Crippen LogP contribution in [0.25, 0.3) is 0 Å². The summed E-state index contributed by atoms with van der Waals surface area (Å²) < 4.78 is 5.58. The second-order valence-corrected chi connectivity index (χ2v) is 7.37. The van der Waals surface area contributed by atoms with Crippen molar-refractivity contribution in [3.05, 3.63) is 64.7 Å². The Morgan fingerprint density at radius 2 is 1.77 bits per heavy atom. The quantitative estimate of drug-likeness (QED) is 0.838. The van der Waals surface area contributed by atoms with E-state index in [9.17, 15) is 9.59 Å². The molecule has 2 aromatic carbocycles. The molecule has 0 atom stereocenters. The Labute approximate surface area is 158 Å². The summed E-state index contributed by atoms with van der Waals surface area (Å²) >= 11 is 5.89. The molecule has 2 rings (SSSR count). The highest BCUT2D eigenvalue weighted by atomic mass is 35.5. The van der Waals surface area contributed by atoms with E-state index in [0.717, 1.165) is 5.56 Å². The van der Waals surface area contributed by atoms with E-state index in [1.54, 1.807) is 11.0 Å². The van der Waals surface area contributed by atoms with Crippen LogP contribution in [0.4, 0.5) is 0 Å². The lowest BCUT2D eigenvalue weighted by atomic mass is 10.0. The van der Waals surface area contributed by atoms with Crippen LogP contribution in [0.15, 0.2) is 48.5 Å². The van der Waals surface area contributed by atoms with Crippen molar-refractivity contribution in [1.29, 1.82) is 0 Å². The van der Waals surface area contributed by atoms with Gasteiger partial charge in [-0.3, -0.25) is 9.59 Å². The van der Waals surface area contributed by atoms with E-state index in [1.165, 1.54) is 12.1 Å². The lowest BCUT2D eigenvalue weighted by Gasteiger charge is -2.36. The van der Waals surface area contributed by atoms with Gasteiger partial charge >= 0.3 is 0 Å². The Hall–Kier alpha value is -2.53. The first-order valence-corrected chi connectivity index (χ1v) is 8.63. The lowest BCUT2D eigenvalue weighted by Crippen LogP contribution is -2.47. The van der Waals surface area contributed by atoms with E-state index in [2.05, 4.69) is 0 Å². The zero-order valence-electron chi connectivity index (χ0n) is 15.2. The average molecular weight is 375 g/mol. The topological polar surface area (TPSA) is 72.6 Å². The molecule has 0 radical (unpaired) electrons. The summed E-state index contributed by atoms with van der Waals surface area (Å²) in [7, 11) is 0. The summed E-state index contributed by atoms with van der Waals surface area (Å²) in [5.74, 6) is -0.609. The minimum absolute atomic E-state index is 0.149. The monoisotopic (exact) mass is 374 g/mol. The number of amides is 2. The predicted molar refractivity (Wildman–Crippen MR) is 102 cm³/mol. The van der Waals surface area contributed by atoms with Crippen LogP contribution in [-0.4, -0.2) is 28.9 Å². The summed E-state index contributed by atoms with van der Waals surface area (Å²) in [5, 5.41) is 0.373. The number of rotatable bonds is 6. The maximum atomic E-state index is 12.8. The van der Waals surface area contributed by atoms with Crippen molar-refractivity contribution in [1.82, 2.24) is 4.90 Å². The van der Waals surface area contributed by atoms with Crippen LogP contribution < -0.4 is 10.5 Å². The van der Waals surface area contributed by atoms with Crippen molar-refractivity contribution in [2.45, 2.75) is 32.9 Å². The largest absolute Gasteiger partial charge is 0.483 e. The van der Waals surface area contributed by atoms with Gasteiger partial charge in [-0.15, -0.1) is 0 Å². The molecular weight excluding hydrogens is 352 g/mol. The molecule has 2 N–H and O–H groups in total. The van der Waals surface area contributed by atoms with E-state index in [0.29, 0.717) is 11.6 Å². The maximum absolute atomic E-state index is 12.8. The second-order valence-electron chi connectivity index (χ2n) is 6.93. The summed E-state index contributed by atoms with van der Waals surface area (Å²) in [5.41, 5.74) is 6.14. The van der Waals surface area contributed by atoms with Crippen molar-refractivity contribution < 1.29 is 14.3 Å². The van der Waals surface area contributed by atoms with E-state index in [1.807, 2.05) is 51.1 Å². The van der Waals surface area contributed by atoms with Crippen LogP contribution in [0.3, 0.4) is 0 Å². The van der Waals surface area contributed by atoms with Gasteiger partial charge in [-0.25, -0.2) is 0 Å². The first-order chi connectivity index (χ1) is 12.2. The molecular formula is C20H23ClN2O3. The number of hydrogen-bond acceptors (Lipinski definition) is 3. The van der Waals surface area contributed by atoms with Crippen molar-refractivity contribution in [3.63, 3.8) is 0 Å². The molecule has 0 spiro atoms. The standard InChI is InChI=1S/C20H23ClN2O3/c1-20(2,3)23(12-14-7-5-4-6-8-14)18(24)13-26-17-10-9-15(21)11-16(17)19(22)25/h4-11H,12-13H2,1-3H3,(H2,22,25). The molecule has 0 aliphatic carbocycles. The highest BCUT2D eigenvalue weighted by Gasteiger charge is 2.27. The number of halogens is 1. The molecule has 2 aromatic rings. The number of nitrogens with zero attached hydrogens (tertiary/aromatic N) is 1. The second kappa shape index (κ2) is 8.23. The molecule has 0 heterocycles. The minimum atomic E-state index is -0.660. The van der Waals surface area contributed by atoms with Crippen LogP contribution in [0.5, 0.6) is 5.75 Å². The number of nitrogens with two attached hydrogens (primary N) is 1. The molecule has 0 saturated carbocycles. The Morgan fingerprint density at radius 1 is 1.12 bits per heavy atom. The Balaban J connectivity index is 2.14. The van der Waals surface area contributed by atoms with E-state index in [-0.39, 0.29) is 29.4 Å². The van der Waals surface area contributed by atoms with Crippen molar-refractivity contribution in [2.24, 2.45) is 5.73 Å². The van der Waals surface area contributed by atoms with Gasteiger partial charge in [0.2, 0.25) is 0 Å². The zero-order chi connectivity index (χ0) is 19.3. The Kier molecular flexibility index (Phi) is 6.27. The number of carbonyl (C=O) groups excluding carboxylic acids is 2. The van der Waals surface area contributed by atoms with E-state index >= 15 is 0 Å². The maximum Gasteiger partial charge on any atom is 0.261 e. The molecule has 0 bridgehead atoms. The van der Waals surface area contributed by atoms with Crippen LogP contribution >= 0.6 is 11.6 Å². The van der Waals surface area contributed by atoms with Gasteiger partial charge in [0.1, 0.15) is 5.75 Å². The normalized spacial score (nSPS) is 11.1. The molecule has 0 aliphatic rings. The fourth-order valence-electron chi connectivity index (χ4n) is 2.50. The summed E-state index contributed by atoms with van der Waals surface area (Å²) in [6, 6.07) is 14.3. The predicted octanol–water partition coefficient (Wildman–Crippen LogP) is 3.65. The molecule has 0 fully saturated rings. The minimum Gasteiger partial charge on any atom is -0.483 e. The first-order valence-electron chi connectivity index (χ1n) is 8.25. The lowest BCUT2D eigenvalue weighted by molar-refractivity contribution is -0.139. The Bertz CT molecular complexity index is 785. The molecule has 0 aromatic heterocycles. The third kappa shape index (κ3) is 5.23. The van der Waals surface area contributed by atoms with Crippen molar-refractivity contribution in [2.75, 3.05) is 6.61 Å². The van der Waals surface area contributed by atoms with Crippen LogP contribution in [0, 0.1) is 0 Å². The van der Waals surface area contributed by atoms with Gasteiger partial charge < -0.3 is 15.4 Å². The molecule has 0 aliphatic heterocycles. The molecule has 6 heteroatoms. The fourth-order valence-corrected chi connectivity index (χ4v) is 2.68. The van der Waals surface area contributed by atoms with Gasteiger partial charge in [-0.1, -0.05) is 41.9 Å². The molecule has 0 unspecified atom stereocenters. The fraction of sp³-hybridized carbons (Fsp3) is 0.300. The molecule has 2 amide bonds. The van der Waals surface area contributed by atoms with Gasteiger partial charge in [0, 0.05) is 17.1 Å². The van der Waals surface area contributed by atoms with Crippen molar-refractivity contribution >= 4 is 23.4 Å². The van der Waals surface area contributed by atoms with Crippen molar-refractivity contribution in [3.8, 4) is 5.75 Å². The molecule has 5 nitrogen and oxygen atoms in total. The first kappa shape index (κ1) is 19.8. The number of primary amides is 1. The third-order valence-electron chi connectivity index (χ3n) is 3.85. The summed E-state index contributed by atoms with van der Waals surface area (Å²) in [4.78, 5) is 26.1. The SMILES string of the molecule is CC(C)(C)N(Cc1ccccc1)C(=O)COc1ccc(Cl)cc1C(N)=O. The van der Waals surface area contributed by atoms with Gasteiger partial charge in [0.15, 0.2) is 6.61 Å². The summed E-state index contributed by atoms with van der Waals surface area (Å²) in [6.45, 7) is 6.16. The molecule has 0 saturated heterocycles. The third-order valence-corrected chi connectivity index (χ3v) is 4.09. The highest BCUT2D eigenvalue weighted by molar-refractivity contribution is 6.31. The number of carbonyl (C=O) groups is 2. The van der Waals surface area contributed by atoms with Crippen LogP contribution in [0.2, 0.25) is 5.02 Å². The Morgan fingerprint density at radius 3 is 2.35 bits per heavy atom. The van der Waals surface area contributed by atoms with E-state index in [4.69, 9.17) is 22.1 Å². The summed E-state index contributed by atoms with van der Waals surface area (Å²) in [6.07, 6.45) is 0. The molecule has 26 heavy (non-hydrogen) atoms. The zero-order valence-corrected chi connectivity index (χ0v) is 15.9. The van der Waals surface area contributed by atoms with E-state index < -0.39 is 5.91 Å². The van der Waals surface area contributed by atoms with Gasteiger partial charge in [-0.05, 0) is 44.5 Å². The number of benzene rings is 2.